The van der Waals surface area contributed by atoms with Gasteiger partial charge in [-0.3, -0.25) is 4.79 Å². The number of benzene rings is 2. The molecule has 134 valence electrons. The monoisotopic (exact) mass is 373 g/mol. The Morgan fingerprint density at radius 2 is 1.76 bits per heavy atom. The van der Waals surface area contributed by atoms with Gasteiger partial charge in [0.1, 0.15) is 0 Å². The van der Waals surface area contributed by atoms with E-state index < -0.39 is 17.6 Å². The first-order chi connectivity index (χ1) is 11.9. The molecule has 1 amide bonds. The molecular formula is C17H15F4NO2S. The van der Waals surface area contributed by atoms with Gasteiger partial charge < -0.3 is 10.1 Å². The molecule has 0 aliphatic carbocycles. The van der Waals surface area contributed by atoms with Crippen molar-refractivity contribution in [1.82, 2.24) is 0 Å². The van der Waals surface area contributed by atoms with E-state index in [0.29, 0.717) is 11.4 Å². The van der Waals surface area contributed by atoms with Gasteiger partial charge in [-0.2, -0.15) is 13.2 Å². The smallest absolute Gasteiger partial charge is 0.416 e. The van der Waals surface area contributed by atoms with Gasteiger partial charge in [0.15, 0.2) is 11.6 Å². The van der Waals surface area contributed by atoms with Crippen LogP contribution in [0, 0.1) is 5.82 Å². The summed E-state index contributed by atoms with van der Waals surface area (Å²) in [6.07, 6.45) is -4.41. The zero-order valence-corrected chi connectivity index (χ0v) is 13.8. The first kappa shape index (κ1) is 19.1. The molecule has 2 aromatic rings. The quantitative estimate of drug-likeness (QED) is 0.570. The molecule has 0 spiro atoms. The molecule has 0 saturated heterocycles. The van der Waals surface area contributed by atoms with E-state index in [0.717, 1.165) is 12.1 Å². The first-order valence-electron chi connectivity index (χ1n) is 7.28. The van der Waals surface area contributed by atoms with Crippen molar-refractivity contribution in [1.29, 1.82) is 0 Å². The third-order valence-electron chi connectivity index (χ3n) is 3.05. The number of carbonyl (C=O) groups is 1. The van der Waals surface area contributed by atoms with Crippen LogP contribution in [0.15, 0.2) is 48.5 Å². The number of para-hydroxylation sites is 1. The number of halogens is 4. The van der Waals surface area contributed by atoms with Gasteiger partial charge in [-0.15, -0.1) is 11.8 Å². The van der Waals surface area contributed by atoms with Crippen LogP contribution in [0.4, 0.5) is 23.2 Å². The highest BCUT2D eigenvalue weighted by Gasteiger charge is 2.29. The Hall–Kier alpha value is -2.22. The van der Waals surface area contributed by atoms with Crippen LogP contribution in [0.5, 0.6) is 5.75 Å². The highest BCUT2D eigenvalue weighted by Crippen LogP contribution is 2.29. The molecule has 2 aromatic carbocycles. The topological polar surface area (TPSA) is 38.3 Å². The van der Waals surface area contributed by atoms with Gasteiger partial charge in [0.2, 0.25) is 5.91 Å². The molecule has 0 radical (unpaired) electrons. The van der Waals surface area contributed by atoms with E-state index in [1.54, 1.807) is 12.1 Å². The molecule has 0 bridgehead atoms. The van der Waals surface area contributed by atoms with Gasteiger partial charge >= 0.3 is 6.18 Å². The van der Waals surface area contributed by atoms with Crippen LogP contribution in [0.1, 0.15) is 5.56 Å². The number of amides is 1. The lowest BCUT2D eigenvalue weighted by atomic mass is 10.2. The summed E-state index contributed by atoms with van der Waals surface area (Å²) in [7, 11) is 0. The Morgan fingerprint density at radius 3 is 2.40 bits per heavy atom. The molecule has 0 heterocycles. The van der Waals surface area contributed by atoms with Crippen molar-refractivity contribution in [3.63, 3.8) is 0 Å². The fourth-order valence-corrected chi connectivity index (χ4v) is 2.48. The molecule has 25 heavy (non-hydrogen) atoms. The van der Waals surface area contributed by atoms with Crippen molar-refractivity contribution >= 4 is 23.4 Å². The number of nitrogens with one attached hydrogen (secondary N) is 1. The molecule has 0 aliphatic heterocycles. The molecule has 0 saturated carbocycles. The van der Waals surface area contributed by atoms with Gasteiger partial charge in [0, 0.05) is 11.4 Å². The minimum absolute atomic E-state index is 0.113. The lowest BCUT2D eigenvalue weighted by Gasteiger charge is -2.09. The summed E-state index contributed by atoms with van der Waals surface area (Å²) in [5.74, 6) is -0.0586. The number of thioether (sulfide) groups is 1. The van der Waals surface area contributed by atoms with Crippen LogP contribution >= 0.6 is 11.8 Å². The maximum Gasteiger partial charge on any atom is 0.416 e. The normalized spacial score (nSPS) is 11.2. The summed E-state index contributed by atoms with van der Waals surface area (Å²) in [6.45, 7) is 0.235. The number of hydrogen-bond donors (Lipinski definition) is 1. The third kappa shape index (κ3) is 6.30. The van der Waals surface area contributed by atoms with Crippen molar-refractivity contribution in [3.8, 4) is 5.75 Å². The predicted molar refractivity (Wildman–Crippen MR) is 89.3 cm³/mol. The number of hydrogen-bond acceptors (Lipinski definition) is 3. The Morgan fingerprint density at radius 1 is 1.08 bits per heavy atom. The van der Waals surface area contributed by atoms with E-state index in [1.807, 2.05) is 0 Å². The SMILES string of the molecule is O=C(CSCCOc1ccccc1F)Nc1ccc(C(F)(F)F)cc1. The zero-order valence-electron chi connectivity index (χ0n) is 13.0. The van der Waals surface area contributed by atoms with Gasteiger partial charge in [-0.05, 0) is 36.4 Å². The Balaban J connectivity index is 1.68. The fraction of sp³-hybridized carbons (Fsp3) is 0.235. The number of rotatable bonds is 7. The number of alkyl halides is 3. The van der Waals surface area contributed by atoms with E-state index in [2.05, 4.69) is 5.32 Å². The molecule has 3 nitrogen and oxygen atoms in total. The van der Waals surface area contributed by atoms with E-state index in [1.165, 1.54) is 36.0 Å². The maximum atomic E-state index is 13.3. The molecule has 0 aromatic heterocycles. The largest absolute Gasteiger partial charge is 0.490 e. The van der Waals surface area contributed by atoms with E-state index >= 15 is 0 Å². The van der Waals surface area contributed by atoms with Crippen molar-refractivity contribution in [2.45, 2.75) is 6.18 Å². The van der Waals surface area contributed by atoms with Crippen LogP contribution in [0.2, 0.25) is 0 Å². The number of carbonyl (C=O) groups excluding carboxylic acids is 1. The number of anilines is 1. The van der Waals surface area contributed by atoms with E-state index in [-0.39, 0.29) is 24.0 Å². The second-order valence-corrected chi connectivity index (χ2v) is 6.06. The predicted octanol–water partition coefficient (Wildman–Crippen LogP) is 4.60. The molecule has 2 rings (SSSR count). The van der Waals surface area contributed by atoms with Crippen molar-refractivity contribution in [3.05, 3.63) is 59.9 Å². The second-order valence-electron chi connectivity index (χ2n) is 4.95. The van der Waals surface area contributed by atoms with Gasteiger partial charge in [-0.1, -0.05) is 12.1 Å². The summed E-state index contributed by atoms with van der Waals surface area (Å²) in [4.78, 5) is 11.7. The Bertz CT molecular complexity index is 705. The minimum Gasteiger partial charge on any atom is -0.490 e. The van der Waals surface area contributed by atoms with Gasteiger partial charge in [0.25, 0.3) is 0 Å². The summed E-state index contributed by atoms with van der Waals surface area (Å²) < 4.78 is 55.9. The molecule has 1 N–H and O–H groups in total. The second kappa shape index (κ2) is 8.75. The van der Waals surface area contributed by atoms with Crippen LogP contribution in [0.3, 0.4) is 0 Å². The molecule has 0 unspecified atom stereocenters. The maximum absolute atomic E-state index is 13.3. The summed E-state index contributed by atoms with van der Waals surface area (Å²) in [6, 6.07) is 10.2. The van der Waals surface area contributed by atoms with Crippen molar-refractivity contribution in [2.24, 2.45) is 0 Å². The van der Waals surface area contributed by atoms with E-state index in [9.17, 15) is 22.4 Å². The van der Waals surface area contributed by atoms with E-state index in [4.69, 9.17) is 4.74 Å². The number of ether oxygens (including phenoxy) is 1. The third-order valence-corrected chi connectivity index (χ3v) is 3.97. The van der Waals surface area contributed by atoms with Gasteiger partial charge in [-0.25, -0.2) is 4.39 Å². The lowest BCUT2D eigenvalue weighted by Crippen LogP contribution is -2.15. The standard InChI is InChI=1S/C17H15F4NO2S/c18-14-3-1-2-4-15(14)24-9-10-25-11-16(23)22-13-7-5-12(6-8-13)17(19,20)21/h1-8H,9-11H2,(H,22,23). The Labute approximate surface area is 146 Å². The van der Waals surface area contributed by atoms with Crippen LogP contribution in [0.25, 0.3) is 0 Å². The summed E-state index contributed by atoms with van der Waals surface area (Å²) in [5, 5.41) is 2.51. The molecule has 0 atom stereocenters. The van der Waals surface area contributed by atoms with Crippen molar-refractivity contribution in [2.75, 3.05) is 23.4 Å². The highest BCUT2D eigenvalue weighted by molar-refractivity contribution is 7.99. The van der Waals surface area contributed by atoms with Crippen molar-refractivity contribution < 1.29 is 27.1 Å². The Kier molecular flexibility index (Phi) is 6.69. The van der Waals surface area contributed by atoms with Gasteiger partial charge in [0.05, 0.1) is 17.9 Å². The summed E-state index contributed by atoms with van der Waals surface area (Å²) >= 11 is 1.27. The average molecular weight is 373 g/mol. The molecular weight excluding hydrogens is 358 g/mol. The molecule has 8 heteroatoms. The minimum atomic E-state index is -4.41. The highest BCUT2D eigenvalue weighted by atomic mass is 32.2. The van der Waals surface area contributed by atoms with Crippen LogP contribution < -0.4 is 10.1 Å². The zero-order chi connectivity index (χ0) is 18.3. The molecule has 0 aliphatic rings. The van der Waals surface area contributed by atoms with Crippen LogP contribution in [-0.4, -0.2) is 24.0 Å². The van der Waals surface area contributed by atoms with Crippen LogP contribution in [-0.2, 0) is 11.0 Å². The average Bonchev–Trinajstić information content (AvgIpc) is 2.56. The first-order valence-corrected chi connectivity index (χ1v) is 8.44. The fourth-order valence-electron chi connectivity index (χ4n) is 1.88. The molecule has 0 fully saturated rings. The summed E-state index contributed by atoms with van der Waals surface area (Å²) in [5.41, 5.74) is -0.480. The lowest BCUT2D eigenvalue weighted by molar-refractivity contribution is -0.137.